The molecule has 0 radical (unpaired) electrons. The first-order chi connectivity index (χ1) is 12.3. The van der Waals surface area contributed by atoms with E-state index in [0.29, 0.717) is 13.1 Å². The quantitative estimate of drug-likeness (QED) is 0.842. The van der Waals surface area contributed by atoms with Gasteiger partial charge in [-0.2, -0.15) is 17.0 Å². The summed E-state index contributed by atoms with van der Waals surface area (Å²) in [7, 11) is -0.249. The number of pyridine rings is 1. The van der Waals surface area contributed by atoms with Crippen molar-refractivity contribution in [1.29, 1.82) is 0 Å². The van der Waals surface area contributed by atoms with Crippen molar-refractivity contribution in [3.05, 3.63) is 34.6 Å². The van der Waals surface area contributed by atoms with Crippen LogP contribution in [0.3, 0.4) is 0 Å². The van der Waals surface area contributed by atoms with Crippen molar-refractivity contribution in [3.8, 4) is 0 Å². The van der Waals surface area contributed by atoms with Crippen molar-refractivity contribution in [2.45, 2.75) is 32.6 Å². The van der Waals surface area contributed by atoms with Gasteiger partial charge in [-0.15, -0.1) is 11.3 Å². The fourth-order valence-corrected chi connectivity index (χ4v) is 5.01. The second kappa shape index (κ2) is 7.59. The summed E-state index contributed by atoms with van der Waals surface area (Å²) in [6, 6.07) is 4.00. The van der Waals surface area contributed by atoms with Crippen molar-refractivity contribution >= 4 is 32.4 Å². The molecular formula is C17H25N5O2S2. The monoisotopic (exact) mass is 395 g/mol. The first-order valence-electron chi connectivity index (χ1n) is 8.61. The van der Waals surface area contributed by atoms with Crippen LogP contribution in [0.25, 0.3) is 0 Å². The van der Waals surface area contributed by atoms with E-state index in [-0.39, 0.29) is 5.92 Å². The molecule has 3 heterocycles. The normalized spacial score (nSPS) is 19.0. The molecule has 0 unspecified atom stereocenters. The van der Waals surface area contributed by atoms with Gasteiger partial charge < -0.3 is 5.32 Å². The number of hydrogen-bond acceptors (Lipinski definition) is 6. The Balaban J connectivity index is 1.82. The minimum Gasteiger partial charge on any atom is -0.331 e. The molecule has 0 spiro atoms. The highest BCUT2D eigenvalue weighted by Crippen LogP contribution is 2.30. The molecule has 7 nitrogen and oxygen atoms in total. The second-order valence-corrected chi connectivity index (χ2v) is 10.2. The van der Waals surface area contributed by atoms with E-state index in [2.05, 4.69) is 15.3 Å². The largest absolute Gasteiger partial charge is 0.331 e. The minimum atomic E-state index is -3.39. The molecule has 26 heavy (non-hydrogen) atoms. The van der Waals surface area contributed by atoms with Crippen molar-refractivity contribution in [1.82, 2.24) is 18.6 Å². The van der Waals surface area contributed by atoms with Crippen LogP contribution in [-0.4, -0.2) is 54.2 Å². The Kier molecular flexibility index (Phi) is 5.61. The van der Waals surface area contributed by atoms with Crippen LogP contribution < -0.4 is 5.32 Å². The van der Waals surface area contributed by atoms with Crippen LogP contribution >= 0.6 is 11.3 Å². The number of nitrogens with zero attached hydrogens (tertiary/aromatic N) is 4. The maximum atomic E-state index is 12.5. The van der Waals surface area contributed by atoms with Crippen LogP contribution in [0, 0.1) is 13.8 Å². The fourth-order valence-electron chi connectivity index (χ4n) is 3.14. The lowest BCUT2D eigenvalue weighted by molar-refractivity contribution is 0.296. The van der Waals surface area contributed by atoms with Crippen molar-refractivity contribution in [3.63, 3.8) is 0 Å². The third kappa shape index (κ3) is 4.22. The summed E-state index contributed by atoms with van der Waals surface area (Å²) in [5, 5.41) is 4.18. The Bertz CT molecular complexity index is 879. The van der Waals surface area contributed by atoms with Crippen LogP contribution in [0.5, 0.6) is 0 Å². The lowest BCUT2D eigenvalue weighted by atomic mass is 9.95. The van der Waals surface area contributed by atoms with E-state index in [1.54, 1.807) is 29.7 Å². The summed E-state index contributed by atoms with van der Waals surface area (Å²) in [4.78, 5) is 10.2. The number of anilines is 2. The van der Waals surface area contributed by atoms with Gasteiger partial charge in [0.1, 0.15) is 0 Å². The summed E-state index contributed by atoms with van der Waals surface area (Å²) in [6.07, 6.45) is 3.61. The summed E-state index contributed by atoms with van der Waals surface area (Å²) < 4.78 is 27.7. The molecule has 1 saturated heterocycles. The third-order valence-electron chi connectivity index (χ3n) is 4.44. The zero-order valence-corrected chi connectivity index (χ0v) is 17.2. The van der Waals surface area contributed by atoms with Gasteiger partial charge in [0.25, 0.3) is 10.2 Å². The Morgan fingerprint density at radius 2 is 2.08 bits per heavy atom. The summed E-state index contributed by atoms with van der Waals surface area (Å²) >= 11 is 1.60. The Hall–Kier alpha value is -1.55. The highest BCUT2D eigenvalue weighted by atomic mass is 32.2. The Morgan fingerprint density at radius 3 is 2.73 bits per heavy atom. The molecule has 0 saturated carbocycles. The fraction of sp³-hybridized carbons (Fsp3) is 0.529. The number of hydrogen-bond donors (Lipinski definition) is 1. The van der Waals surface area contributed by atoms with Gasteiger partial charge in [-0.25, -0.2) is 4.98 Å². The molecular weight excluding hydrogens is 370 g/mol. The van der Waals surface area contributed by atoms with Gasteiger partial charge >= 0.3 is 0 Å². The summed E-state index contributed by atoms with van der Waals surface area (Å²) in [6.45, 7) is 5.01. The van der Waals surface area contributed by atoms with Crippen LogP contribution in [-0.2, 0) is 10.2 Å². The topological polar surface area (TPSA) is 78.4 Å². The van der Waals surface area contributed by atoms with Gasteiger partial charge in [-0.1, -0.05) is 0 Å². The van der Waals surface area contributed by atoms with Gasteiger partial charge in [-0.05, 0) is 38.8 Å². The molecule has 0 aliphatic carbocycles. The molecule has 0 bridgehead atoms. The van der Waals surface area contributed by atoms with Crippen LogP contribution in [0.2, 0.25) is 0 Å². The SMILES string of the molecule is Cc1cc(Nc2ncc(C)s2)cc([C@@H]2CCCN(S(=O)(=O)N(C)C)C2)n1. The van der Waals surface area contributed by atoms with E-state index in [4.69, 9.17) is 0 Å². The van der Waals surface area contributed by atoms with Gasteiger partial charge in [0.05, 0.1) is 0 Å². The molecule has 1 aliphatic heterocycles. The Morgan fingerprint density at radius 1 is 1.31 bits per heavy atom. The molecule has 0 amide bonds. The van der Waals surface area contributed by atoms with E-state index < -0.39 is 10.2 Å². The highest BCUT2D eigenvalue weighted by molar-refractivity contribution is 7.86. The predicted octanol–water partition coefficient (Wildman–Crippen LogP) is 2.88. The summed E-state index contributed by atoms with van der Waals surface area (Å²) in [5.41, 5.74) is 2.78. The number of thiazole rings is 1. The zero-order valence-electron chi connectivity index (χ0n) is 15.6. The second-order valence-electron chi connectivity index (χ2n) is 6.81. The number of piperidine rings is 1. The molecule has 9 heteroatoms. The first-order valence-corrected chi connectivity index (χ1v) is 10.8. The average molecular weight is 396 g/mol. The lowest BCUT2D eigenvalue weighted by Gasteiger charge is -2.33. The van der Waals surface area contributed by atoms with Gasteiger partial charge in [0, 0.05) is 61.3 Å². The Labute approximate surface area is 159 Å². The smallest absolute Gasteiger partial charge is 0.281 e. The predicted molar refractivity (Wildman–Crippen MR) is 105 cm³/mol. The van der Waals surface area contributed by atoms with Crippen LogP contribution in [0.15, 0.2) is 18.3 Å². The van der Waals surface area contributed by atoms with Gasteiger partial charge in [0.15, 0.2) is 5.13 Å². The molecule has 1 atom stereocenters. The molecule has 1 fully saturated rings. The van der Waals surface area contributed by atoms with E-state index in [1.807, 2.05) is 32.2 Å². The highest BCUT2D eigenvalue weighted by Gasteiger charge is 2.31. The van der Waals surface area contributed by atoms with Crippen LogP contribution in [0.1, 0.15) is 35.0 Å². The summed E-state index contributed by atoms with van der Waals surface area (Å²) in [5.74, 6) is 0.0944. The minimum absolute atomic E-state index is 0.0944. The third-order valence-corrected chi connectivity index (χ3v) is 7.17. The number of aromatic nitrogens is 2. The molecule has 2 aromatic rings. The molecule has 2 aromatic heterocycles. The number of aryl methyl sites for hydroxylation is 2. The van der Waals surface area contributed by atoms with Gasteiger partial charge in [-0.3, -0.25) is 4.98 Å². The van der Waals surface area contributed by atoms with Crippen molar-refractivity contribution in [2.75, 3.05) is 32.5 Å². The first kappa shape index (κ1) is 19.2. The number of rotatable bonds is 5. The van der Waals surface area contributed by atoms with Gasteiger partial charge in [0.2, 0.25) is 0 Å². The van der Waals surface area contributed by atoms with E-state index in [1.165, 1.54) is 4.31 Å². The molecule has 1 N–H and O–H groups in total. The lowest BCUT2D eigenvalue weighted by Crippen LogP contribution is -2.45. The number of nitrogens with one attached hydrogen (secondary N) is 1. The average Bonchev–Trinajstić information content (AvgIpc) is 2.99. The van der Waals surface area contributed by atoms with E-state index >= 15 is 0 Å². The molecule has 1 aliphatic rings. The molecule has 142 valence electrons. The van der Waals surface area contributed by atoms with Crippen molar-refractivity contribution in [2.24, 2.45) is 0 Å². The van der Waals surface area contributed by atoms with E-state index in [0.717, 1.165) is 39.9 Å². The van der Waals surface area contributed by atoms with E-state index in [9.17, 15) is 8.42 Å². The van der Waals surface area contributed by atoms with Crippen molar-refractivity contribution < 1.29 is 8.42 Å². The standard InChI is InChI=1S/C17H25N5O2S2/c1-12-8-15(20-17-18-10-13(2)25-17)9-16(19-12)14-6-5-7-22(11-14)26(23,24)21(3)4/h8-10,14H,5-7,11H2,1-4H3,(H,18,19,20)/t14-/m1/s1. The molecule has 3 rings (SSSR count). The zero-order chi connectivity index (χ0) is 18.9. The maximum Gasteiger partial charge on any atom is 0.281 e. The molecule has 0 aromatic carbocycles. The van der Waals surface area contributed by atoms with Crippen LogP contribution in [0.4, 0.5) is 10.8 Å². The maximum absolute atomic E-state index is 12.5.